The van der Waals surface area contributed by atoms with Crippen LogP contribution in [0.3, 0.4) is 0 Å². The van der Waals surface area contributed by atoms with Gasteiger partial charge < -0.3 is 16.8 Å². The molecule has 2 unspecified atom stereocenters. The molecule has 10 heteroatoms. The molecule has 1 aromatic heterocycles. The summed E-state index contributed by atoms with van der Waals surface area (Å²) in [6.07, 6.45) is 5.41. The van der Waals surface area contributed by atoms with E-state index in [4.69, 9.17) is 11.5 Å². The van der Waals surface area contributed by atoms with Gasteiger partial charge in [0.25, 0.3) is 5.91 Å². The highest BCUT2D eigenvalue weighted by Crippen LogP contribution is 2.45. The molecule has 2 aliphatic rings. The average Bonchev–Trinajstić information content (AvgIpc) is 3.16. The third-order valence-corrected chi connectivity index (χ3v) is 5.97. The molecule has 2 atom stereocenters. The third-order valence-electron chi connectivity index (χ3n) is 4.74. The Morgan fingerprint density at radius 3 is 2.77 bits per heavy atom. The Morgan fingerprint density at radius 1 is 1.20 bits per heavy atom. The largest absolute Gasteiger partial charge is 0.366 e. The molecule has 2 amide bonds. The van der Waals surface area contributed by atoms with Gasteiger partial charge >= 0.3 is 0 Å². The molecule has 5 N–H and O–H groups in total. The van der Waals surface area contributed by atoms with Gasteiger partial charge in [-0.3, -0.25) is 9.59 Å². The number of aromatic nitrogens is 3. The van der Waals surface area contributed by atoms with Gasteiger partial charge in [0.1, 0.15) is 5.82 Å². The highest BCUT2D eigenvalue weighted by molar-refractivity contribution is 8.03. The first-order chi connectivity index (χ1) is 14.4. The normalized spacial score (nSPS) is 19.6. The fraction of sp³-hybridized carbons (Fsp3) is 0.150. The number of hydrogen-bond acceptors (Lipinski definition) is 7. The van der Waals surface area contributed by atoms with Gasteiger partial charge in [-0.15, -0.1) is 22.0 Å². The number of rotatable bonds is 6. The number of hydrogen-bond donors (Lipinski definition) is 3. The summed E-state index contributed by atoms with van der Waals surface area (Å²) in [7, 11) is 0. The number of nitrogens with two attached hydrogens (primary N) is 2. The van der Waals surface area contributed by atoms with E-state index < -0.39 is 11.8 Å². The minimum absolute atomic E-state index is 0.116. The van der Waals surface area contributed by atoms with Gasteiger partial charge in [-0.1, -0.05) is 30.4 Å². The number of thioether (sulfide) groups is 1. The molecular weight excluding hydrogens is 407 g/mol. The molecule has 4 rings (SSSR count). The molecule has 152 valence electrons. The lowest BCUT2D eigenvalue weighted by molar-refractivity contribution is -0.114. The zero-order valence-corrected chi connectivity index (χ0v) is 16.4. The van der Waals surface area contributed by atoms with Gasteiger partial charge in [0.15, 0.2) is 17.3 Å². The van der Waals surface area contributed by atoms with Crippen molar-refractivity contribution >= 4 is 35.0 Å². The SMILES string of the molecule is NC(=O)C1=CC=CC2C(c3nnc(C(N)=O)c(NCc4cccc(F)c4)n3)=CSC12. The molecule has 0 fully saturated rings. The number of nitrogens with one attached hydrogen (secondary N) is 1. The number of fused-ring (bicyclic) bond motifs is 1. The van der Waals surface area contributed by atoms with Gasteiger partial charge in [-0.2, -0.15) is 0 Å². The van der Waals surface area contributed by atoms with Crippen LogP contribution in [-0.2, 0) is 11.3 Å². The first-order valence-corrected chi connectivity index (χ1v) is 9.95. The molecule has 0 radical (unpaired) electrons. The smallest absolute Gasteiger partial charge is 0.273 e. The molecular formula is C20H17FN6O2S. The highest BCUT2D eigenvalue weighted by atomic mass is 32.2. The van der Waals surface area contributed by atoms with Gasteiger partial charge in [-0.25, -0.2) is 9.37 Å². The fourth-order valence-corrected chi connectivity index (χ4v) is 4.62. The van der Waals surface area contributed by atoms with E-state index in [1.807, 2.05) is 11.5 Å². The summed E-state index contributed by atoms with van der Waals surface area (Å²) < 4.78 is 13.4. The van der Waals surface area contributed by atoms with Crippen LogP contribution in [0.2, 0.25) is 0 Å². The Labute approximate surface area is 175 Å². The second-order valence-corrected chi connectivity index (χ2v) is 7.72. The molecule has 0 saturated carbocycles. The van der Waals surface area contributed by atoms with Crippen LogP contribution in [-0.4, -0.2) is 32.2 Å². The van der Waals surface area contributed by atoms with E-state index in [2.05, 4.69) is 20.5 Å². The Kier molecular flexibility index (Phi) is 5.32. The van der Waals surface area contributed by atoms with Crippen LogP contribution in [0, 0.1) is 11.7 Å². The summed E-state index contributed by atoms with van der Waals surface area (Å²) in [4.78, 5) is 27.9. The minimum Gasteiger partial charge on any atom is -0.366 e. The topological polar surface area (TPSA) is 137 Å². The van der Waals surface area contributed by atoms with Crippen LogP contribution in [0.25, 0.3) is 5.57 Å². The Hall–Kier alpha value is -3.53. The van der Waals surface area contributed by atoms with Crippen molar-refractivity contribution in [3.05, 3.63) is 76.4 Å². The standard InChI is InChI=1S/C20H17FN6O2S/c21-11-4-1-3-10(7-11)8-24-20-15(18(23)29)26-27-19(25-20)14-9-30-16-12(14)5-2-6-13(16)17(22)28/h1-7,9,12,16H,8H2,(H2,22,28)(H2,23,29)(H,24,25,27). The van der Waals surface area contributed by atoms with E-state index in [1.165, 1.54) is 23.9 Å². The van der Waals surface area contributed by atoms with Crippen molar-refractivity contribution in [3.8, 4) is 0 Å². The summed E-state index contributed by atoms with van der Waals surface area (Å²) in [5, 5.41) is 12.7. The zero-order valence-electron chi connectivity index (χ0n) is 15.6. The third kappa shape index (κ3) is 3.81. The summed E-state index contributed by atoms with van der Waals surface area (Å²) in [6.45, 7) is 0.213. The van der Waals surface area contributed by atoms with E-state index >= 15 is 0 Å². The van der Waals surface area contributed by atoms with Crippen molar-refractivity contribution in [3.63, 3.8) is 0 Å². The molecule has 30 heavy (non-hydrogen) atoms. The van der Waals surface area contributed by atoms with E-state index in [9.17, 15) is 14.0 Å². The lowest BCUT2D eigenvalue weighted by atomic mass is 9.87. The van der Waals surface area contributed by atoms with E-state index in [0.717, 1.165) is 5.57 Å². The monoisotopic (exact) mass is 424 g/mol. The molecule has 1 aliphatic heterocycles. The van der Waals surface area contributed by atoms with Crippen LogP contribution in [0.4, 0.5) is 10.2 Å². The first-order valence-electron chi connectivity index (χ1n) is 9.01. The Bertz CT molecular complexity index is 1130. The first kappa shape index (κ1) is 19.8. The van der Waals surface area contributed by atoms with Gasteiger partial charge in [0.2, 0.25) is 5.91 Å². The van der Waals surface area contributed by atoms with Crippen molar-refractivity contribution < 1.29 is 14.0 Å². The maximum Gasteiger partial charge on any atom is 0.273 e. The lowest BCUT2D eigenvalue weighted by Crippen LogP contribution is -2.28. The average molecular weight is 424 g/mol. The van der Waals surface area contributed by atoms with E-state index in [-0.39, 0.29) is 35.0 Å². The Balaban J connectivity index is 1.62. The number of carbonyl (C=O) groups excluding carboxylic acids is 2. The van der Waals surface area contributed by atoms with Crippen LogP contribution >= 0.6 is 11.8 Å². The second kappa shape index (κ2) is 8.07. The van der Waals surface area contributed by atoms with Crippen molar-refractivity contribution in [1.29, 1.82) is 0 Å². The van der Waals surface area contributed by atoms with Crippen molar-refractivity contribution in [2.45, 2.75) is 11.8 Å². The fourth-order valence-electron chi connectivity index (χ4n) is 3.31. The molecule has 0 bridgehead atoms. The number of primary amides is 2. The summed E-state index contributed by atoms with van der Waals surface area (Å²) in [6, 6.07) is 6.04. The molecule has 0 spiro atoms. The number of carbonyl (C=O) groups is 2. The summed E-state index contributed by atoms with van der Waals surface area (Å²) in [5.74, 6) is -1.33. The minimum atomic E-state index is -0.785. The van der Waals surface area contributed by atoms with E-state index in [1.54, 1.807) is 24.3 Å². The maximum atomic E-state index is 13.4. The zero-order chi connectivity index (χ0) is 21.3. The van der Waals surface area contributed by atoms with Crippen LogP contribution in [0.1, 0.15) is 21.9 Å². The van der Waals surface area contributed by atoms with Gasteiger partial charge in [-0.05, 0) is 23.1 Å². The number of benzene rings is 1. The molecule has 1 aliphatic carbocycles. The van der Waals surface area contributed by atoms with Gasteiger partial charge in [0.05, 0.1) is 0 Å². The number of nitrogens with zero attached hydrogens (tertiary/aromatic N) is 3. The van der Waals surface area contributed by atoms with Gasteiger partial charge in [0, 0.05) is 28.9 Å². The molecule has 2 heterocycles. The number of anilines is 1. The number of amides is 2. The molecule has 1 aromatic carbocycles. The molecule has 8 nitrogen and oxygen atoms in total. The quantitative estimate of drug-likeness (QED) is 0.643. The van der Waals surface area contributed by atoms with Crippen LogP contribution < -0.4 is 16.8 Å². The summed E-state index contributed by atoms with van der Waals surface area (Å²) >= 11 is 1.45. The van der Waals surface area contributed by atoms with Crippen molar-refractivity contribution in [2.24, 2.45) is 17.4 Å². The van der Waals surface area contributed by atoms with E-state index in [0.29, 0.717) is 17.0 Å². The van der Waals surface area contributed by atoms with Crippen LogP contribution in [0.5, 0.6) is 0 Å². The number of halogens is 1. The highest BCUT2D eigenvalue weighted by Gasteiger charge is 2.37. The molecule has 2 aromatic rings. The predicted octanol–water partition coefficient (Wildman–Crippen LogP) is 1.78. The Morgan fingerprint density at radius 2 is 2.03 bits per heavy atom. The van der Waals surface area contributed by atoms with Crippen molar-refractivity contribution in [1.82, 2.24) is 15.2 Å². The van der Waals surface area contributed by atoms with Crippen molar-refractivity contribution in [2.75, 3.05) is 5.32 Å². The molecule has 0 saturated heterocycles. The second-order valence-electron chi connectivity index (χ2n) is 6.71. The number of allylic oxidation sites excluding steroid dienone is 4. The summed E-state index contributed by atoms with van der Waals surface area (Å²) in [5.41, 5.74) is 12.7. The maximum absolute atomic E-state index is 13.4. The predicted molar refractivity (Wildman–Crippen MR) is 111 cm³/mol. The lowest BCUT2D eigenvalue weighted by Gasteiger charge is -2.22. The van der Waals surface area contributed by atoms with Crippen LogP contribution in [0.15, 0.2) is 53.5 Å².